The average molecular weight is 429 g/mol. The summed E-state index contributed by atoms with van der Waals surface area (Å²) in [7, 11) is 0. The van der Waals surface area contributed by atoms with Crippen LogP contribution in [0.25, 0.3) is 6.08 Å². The standard InChI is InChI=1S/C27H24FNO3/c1-2-18-3-5-20(6-4-18)15-25-26(30)22-11-12-24-23(27(22)32-25)16-29(17-31-24)14-13-19-7-9-21(28)10-8-19/h3-12,15H,2,13-14,16-17H2,1H3/b25-15-. The van der Waals surface area contributed by atoms with Gasteiger partial charge in [-0.25, -0.2) is 4.39 Å². The van der Waals surface area contributed by atoms with E-state index in [1.807, 2.05) is 18.2 Å². The molecule has 0 saturated heterocycles. The molecule has 0 radical (unpaired) electrons. The van der Waals surface area contributed by atoms with Crippen molar-refractivity contribution in [3.8, 4) is 11.5 Å². The van der Waals surface area contributed by atoms with Crippen LogP contribution in [0.15, 0.2) is 66.4 Å². The van der Waals surface area contributed by atoms with Crippen LogP contribution >= 0.6 is 0 Å². The molecule has 0 aliphatic carbocycles. The Morgan fingerprint density at radius 1 is 1.00 bits per heavy atom. The summed E-state index contributed by atoms with van der Waals surface area (Å²) in [6.45, 7) is 3.97. The Morgan fingerprint density at radius 3 is 2.50 bits per heavy atom. The second-order valence-electron chi connectivity index (χ2n) is 8.16. The molecule has 0 atom stereocenters. The first-order valence-corrected chi connectivity index (χ1v) is 10.9. The second kappa shape index (κ2) is 8.60. The molecule has 162 valence electrons. The molecule has 3 aromatic carbocycles. The van der Waals surface area contributed by atoms with E-state index in [-0.39, 0.29) is 11.6 Å². The van der Waals surface area contributed by atoms with E-state index in [2.05, 4.69) is 24.0 Å². The van der Waals surface area contributed by atoms with Gasteiger partial charge in [0, 0.05) is 13.1 Å². The fourth-order valence-corrected chi connectivity index (χ4v) is 4.09. The van der Waals surface area contributed by atoms with Crippen molar-refractivity contribution in [3.63, 3.8) is 0 Å². The van der Waals surface area contributed by atoms with Gasteiger partial charge in [0.05, 0.1) is 11.1 Å². The molecular weight excluding hydrogens is 405 g/mol. The molecule has 0 fully saturated rings. The number of aryl methyl sites for hydroxylation is 1. The lowest BCUT2D eigenvalue weighted by molar-refractivity contribution is 0.0949. The number of rotatable bonds is 5. The number of allylic oxidation sites excluding steroid dienone is 1. The summed E-state index contributed by atoms with van der Waals surface area (Å²) in [6.07, 6.45) is 3.55. The van der Waals surface area contributed by atoms with Crippen molar-refractivity contribution in [1.82, 2.24) is 4.90 Å². The molecule has 0 unspecified atom stereocenters. The number of nitrogens with zero attached hydrogens (tertiary/aromatic N) is 1. The monoisotopic (exact) mass is 429 g/mol. The molecule has 0 aromatic heterocycles. The van der Waals surface area contributed by atoms with E-state index in [1.54, 1.807) is 24.3 Å². The number of ether oxygens (including phenoxy) is 2. The summed E-state index contributed by atoms with van der Waals surface area (Å²) in [5.74, 6) is 1.34. The highest BCUT2D eigenvalue weighted by Gasteiger charge is 2.33. The Hall–Kier alpha value is -3.44. The van der Waals surface area contributed by atoms with Crippen LogP contribution in [-0.4, -0.2) is 24.0 Å². The van der Waals surface area contributed by atoms with Crippen LogP contribution in [0.4, 0.5) is 4.39 Å². The number of carbonyl (C=O) groups is 1. The van der Waals surface area contributed by atoms with Crippen LogP contribution in [0.3, 0.4) is 0 Å². The van der Waals surface area contributed by atoms with Gasteiger partial charge in [0.2, 0.25) is 5.78 Å². The van der Waals surface area contributed by atoms with Gasteiger partial charge in [0.1, 0.15) is 24.0 Å². The van der Waals surface area contributed by atoms with Gasteiger partial charge in [-0.1, -0.05) is 43.3 Å². The molecule has 0 amide bonds. The summed E-state index contributed by atoms with van der Waals surface area (Å²) in [4.78, 5) is 15.1. The lowest BCUT2D eigenvalue weighted by Crippen LogP contribution is -2.33. The molecule has 3 aromatic rings. The Kier molecular flexibility index (Phi) is 5.50. The second-order valence-corrected chi connectivity index (χ2v) is 8.16. The summed E-state index contributed by atoms with van der Waals surface area (Å²) in [5.41, 5.74) is 4.72. The molecule has 5 rings (SSSR count). The van der Waals surface area contributed by atoms with Gasteiger partial charge in [-0.05, 0) is 59.9 Å². The lowest BCUT2D eigenvalue weighted by Gasteiger charge is -2.29. The molecule has 2 aliphatic rings. The molecule has 0 saturated carbocycles. The summed E-state index contributed by atoms with van der Waals surface area (Å²) >= 11 is 0. The topological polar surface area (TPSA) is 38.8 Å². The van der Waals surface area contributed by atoms with E-state index >= 15 is 0 Å². The Labute approximate surface area is 186 Å². The smallest absolute Gasteiger partial charge is 0.231 e. The van der Waals surface area contributed by atoms with E-state index in [1.165, 1.54) is 17.7 Å². The average Bonchev–Trinajstić information content (AvgIpc) is 3.14. The summed E-state index contributed by atoms with van der Waals surface area (Å²) in [5, 5.41) is 0. The quantitative estimate of drug-likeness (QED) is 0.509. The third-order valence-corrected chi connectivity index (χ3v) is 6.00. The zero-order chi connectivity index (χ0) is 22.1. The molecule has 4 nitrogen and oxygen atoms in total. The maximum absolute atomic E-state index is 13.1. The normalized spacial score (nSPS) is 16.4. The van der Waals surface area contributed by atoms with E-state index in [9.17, 15) is 9.18 Å². The van der Waals surface area contributed by atoms with Crippen LogP contribution in [0.1, 0.15) is 39.5 Å². The van der Waals surface area contributed by atoms with Crippen LogP contribution in [0.5, 0.6) is 11.5 Å². The van der Waals surface area contributed by atoms with Crippen molar-refractivity contribution < 1.29 is 18.7 Å². The zero-order valence-corrected chi connectivity index (χ0v) is 17.9. The molecular formula is C27H24FNO3. The number of hydrogen-bond donors (Lipinski definition) is 0. The van der Waals surface area contributed by atoms with Crippen molar-refractivity contribution in [3.05, 3.63) is 100 Å². The maximum atomic E-state index is 13.1. The van der Waals surface area contributed by atoms with Crippen LogP contribution < -0.4 is 9.47 Å². The van der Waals surface area contributed by atoms with Gasteiger partial charge in [-0.3, -0.25) is 9.69 Å². The largest absolute Gasteiger partial charge is 0.478 e. The van der Waals surface area contributed by atoms with Crippen molar-refractivity contribution >= 4 is 11.9 Å². The van der Waals surface area contributed by atoms with Crippen LogP contribution in [0.2, 0.25) is 0 Å². The van der Waals surface area contributed by atoms with Crippen molar-refractivity contribution in [2.45, 2.75) is 26.3 Å². The number of ketones is 1. The van der Waals surface area contributed by atoms with E-state index in [4.69, 9.17) is 9.47 Å². The fourth-order valence-electron chi connectivity index (χ4n) is 4.09. The Bertz CT molecular complexity index is 1180. The van der Waals surface area contributed by atoms with E-state index in [0.29, 0.717) is 30.3 Å². The summed E-state index contributed by atoms with van der Waals surface area (Å²) < 4.78 is 25.1. The number of hydrogen-bond acceptors (Lipinski definition) is 4. The van der Waals surface area contributed by atoms with Gasteiger partial charge < -0.3 is 9.47 Å². The fraction of sp³-hybridized carbons (Fsp3) is 0.222. The molecule has 2 aliphatic heterocycles. The molecule has 0 N–H and O–H groups in total. The maximum Gasteiger partial charge on any atom is 0.231 e. The first kappa shape index (κ1) is 20.5. The molecule has 0 spiro atoms. The Balaban J connectivity index is 1.34. The number of fused-ring (bicyclic) bond motifs is 3. The lowest BCUT2D eigenvalue weighted by atomic mass is 10.0. The molecule has 32 heavy (non-hydrogen) atoms. The first-order valence-electron chi connectivity index (χ1n) is 10.9. The van der Waals surface area contributed by atoms with E-state index in [0.717, 1.165) is 41.8 Å². The highest BCUT2D eigenvalue weighted by molar-refractivity contribution is 6.15. The van der Waals surface area contributed by atoms with Crippen molar-refractivity contribution in [2.24, 2.45) is 0 Å². The van der Waals surface area contributed by atoms with Crippen molar-refractivity contribution in [2.75, 3.05) is 13.3 Å². The molecule has 2 heterocycles. The van der Waals surface area contributed by atoms with Crippen molar-refractivity contribution in [1.29, 1.82) is 0 Å². The van der Waals surface area contributed by atoms with Gasteiger partial charge in [-0.2, -0.15) is 0 Å². The third kappa shape index (κ3) is 4.04. The predicted molar refractivity (Wildman–Crippen MR) is 121 cm³/mol. The first-order chi connectivity index (χ1) is 15.6. The number of Topliss-reactive ketones (excluding diaryl/α,β-unsaturated/α-hetero) is 1. The van der Waals surface area contributed by atoms with Gasteiger partial charge >= 0.3 is 0 Å². The number of carbonyl (C=O) groups excluding carboxylic acids is 1. The van der Waals surface area contributed by atoms with Gasteiger partial charge in [0.15, 0.2) is 5.76 Å². The minimum atomic E-state index is -0.230. The Morgan fingerprint density at radius 2 is 1.75 bits per heavy atom. The van der Waals surface area contributed by atoms with Crippen LogP contribution in [0, 0.1) is 5.82 Å². The highest BCUT2D eigenvalue weighted by atomic mass is 19.1. The van der Waals surface area contributed by atoms with Gasteiger partial charge in [0.25, 0.3) is 0 Å². The molecule has 0 bridgehead atoms. The summed E-state index contributed by atoms with van der Waals surface area (Å²) in [6, 6.07) is 18.3. The molecule has 5 heteroatoms. The van der Waals surface area contributed by atoms with Crippen LogP contribution in [-0.2, 0) is 19.4 Å². The number of benzene rings is 3. The third-order valence-electron chi connectivity index (χ3n) is 6.00. The SMILES string of the molecule is CCc1ccc(/C=C2\Oc3c(ccc4c3CN(CCc3ccc(F)cc3)CO4)C2=O)cc1. The van der Waals surface area contributed by atoms with Gasteiger partial charge in [-0.15, -0.1) is 0 Å². The number of halogens is 1. The highest BCUT2D eigenvalue weighted by Crippen LogP contribution is 2.42. The predicted octanol–water partition coefficient (Wildman–Crippen LogP) is 5.40. The van der Waals surface area contributed by atoms with E-state index < -0.39 is 0 Å². The minimum absolute atomic E-state index is 0.106. The zero-order valence-electron chi connectivity index (χ0n) is 17.9. The minimum Gasteiger partial charge on any atom is -0.478 e.